The van der Waals surface area contributed by atoms with Gasteiger partial charge in [-0.15, -0.1) is 0 Å². The molecule has 232 valence electrons. The number of thiazole rings is 1. The normalized spacial score (nSPS) is 14.6. The van der Waals surface area contributed by atoms with Crippen LogP contribution in [0.4, 0.5) is 5.69 Å². The number of ether oxygens (including phenoxy) is 2. The van der Waals surface area contributed by atoms with E-state index in [0.717, 1.165) is 27.5 Å². The van der Waals surface area contributed by atoms with Crippen LogP contribution in [0.15, 0.2) is 109 Å². The van der Waals surface area contributed by atoms with Crippen molar-refractivity contribution in [2.75, 3.05) is 6.61 Å². The lowest BCUT2D eigenvalue weighted by atomic mass is 9.91. The molecule has 0 aliphatic carbocycles. The van der Waals surface area contributed by atoms with Gasteiger partial charge in [-0.05, 0) is 104 Å². The minimum absolute atomic E-state index is 0.0106. The summed E-state index contributed by atoms with van der Waals surface area (Å²) in [5.74, 6) is 0.0377. The van der Waals surface area contributed by atoms with Crippen molar-refractivity contribution in [3.8, 4) is 5.75 Å². The fourth-order valence-corrected chi connectivity index (χ4v) is 7.89. The number of aromatic nitrogens is 1. The van der Waals surface area contributed by atoms with Crippen LogP contribution in [-0.4, -0.2) is 22.1 Å². The number of hydrogen-bond acceptors (Lipinski definition) is 8. The zero-order valence-corrected chi connectivity index (χ0v) is 28.5. The highest BCUT2D eigenvalue weighted by molar-refractivity contribution is 9.11. The van der Waals surface area contributed by atoms with Gasteiger partial charge >= 0.3 is 5.97 Å². The molecule has 46 heavy (non-hydrogen) atoms. The van der Waals surface area contributed by atoms with E-state index in [2.05, 4.69) is 31.9 Å². The number of fused-ring (bicyclic) bond motifs is 2. The van der Waals surface area contributed by atoms with Crippen molar-refractivity contribution in [3.05, 3.63) is 146 Å². The molecular weight excluding hydrogens is 738 g/mol. The summed E-state index contributed by atoms with van der Waals surface area (Å²) in [6, 6.07) is 22.8. The molecule has 1 aromatic heterocycles. The van der Waals surface area contributed by atoms with Gasteiger partial charge in [0.2, 0.25) is 0 Å². The molecule has 0 radical (unpaired) electrons. The van der Waals surface area contributed by atoms with Crippen LogP contribution in [0.2, 0.25) is 0 Å². The number of allylic oxidation sites excluding steroid dienone is 1. The van der Waals surface area contributed by atoms with Gasteiger partial charge in [0, 0.05) is 12.1 Å². The molecule has 12 heteroatoms. The summed E-state index contributed by atoms with van der Waals surface area (Å²) in [5, 5.41) is 12.9. The number of benzene rings is 4. The number of hydrogen-bond donors (Lipinski definition) is 0. The van der Waals surface area contributed by atoms with E-state index in [1.165, 1.54) is 23.5 Å². The largest absolute Gasteiger partial charge is 0.487 e. The van der Waals surface area contributed by atoms with Crippen LogP contribution in [0.3, 0.4) is 0 Å². The fraction of sp³-hybridized carbons (Fsp3) is 0.147. The quantitative estimate of drug-likeness (QED) is 0.0960. The number of nitrogens with zero attached hydrogens (tertiary/aromatic N) is 3. The van der Waals surface area contributed by atoms with E-state index < -0.39 is 16.9 Å². The summed E-state index contributed by atoms with van der Waals surface area (Å²) in [5.41, 5.74) is 2.88. The van der Waals surface area contributed by atoms with Crippen molar-refractivity contribution in [2.24, 2.45) is 4.99 Å². The van der Waals surface area contributed by atoms with E-state index in [9.17, 15) is 19.7 Å². The number of rotatable bonds is 8. The summed E-state index contributed by atoms with van der Waals surface area (Å²) in [6.45, 7) is 3.91. The van der Waals surface area contributed by atoms with Gasteiger partial charge in [-0.3, -0.25) is 19.5 Å². The molecule has 1 atom stereocenters. The van der Waals surface area contributed by atoms with Gasteiger partial charge in [0.1, 0.15) is 12.4 Å². The monoisotopic (exact) mass is 761 g/mol. The lowest BCUT2D eigenvalue weighted by molar-refractivity contribution is -0.384. The molecule has 1 aliphatic rings. The second kappa shape index (κ2) is 13.1. The molecule has 0 bridgehead atoms. The third-order valence-electron chi connectivity index (χ3n) is 7.48. The van der Waals surface area contributed by atoms with Gasteiger partial charge in [-0.2, -0.15) is 0 Å². The molecule has 0 N–H and O–H groups in total. The van der Waals surface area contributed by atoms with Gasteiger partial charge in [0.05, 0.1) is 42.3 Å². The number of esters is 1. The number of carbonyl (C=O) groups excluding carboxylic acids is 1. The summed E-state index contributed by atoms with van der Waals surface area (Å²) >= 11 is 8.41. The first-order valence-corrected chi connectivity index (χ1v) is 16.6. The molecule has 1 aliphatic heterocycles. The van der Waals surface area contributed by atoms with Crippen LogP contribution in [0.25, 0.3) is 16.8 Å². The highest BCUT2D eigenvalue weighted by Gasteiger charge is 2.34. The third-order valence-corrected chi connectivity index (χ3v) is 9.64. The summed E-state index contributed by atoms with van der Waals surface area (Å²) < 4.78 is 14.8. The molecule has 6 rings (SSSR count). The van der Waals surface area contributed by atoms with Crippen LogP contribution >= 0.6 is 43.2 Å². The van der Waals surface area contributed by atoms with Gasteiger partial charge < -0.3 is 9.47 Å². The van der Waals surface area contributed by atoms with Crippen LogP contribution < -0.4 is 19.6 Å². The predicted molar refractivity (Wildman–Crippen MR) is 184 cm³/mol. The number of nitro benzene ring substituents is 1. The van der Waals surface area contributed by atoms with Crippen LogP contribution in [0.1, 0.15) is 36.6 Å². The summed E-state index contributed by atoms with van der Waals surface area (Å²) in [7, 11) is 0. The lowest BCUT2D eigenvalue weighted by Crippen LogP contribution is -2.40. The van der Waals surface area contributed by atoms with E-state index in [0.29, 0.717) is 35.3 Å². The fourth-order valence-electron chi connectivity index (χ4n) is 5.40. The predicted octanol–water partition coefficient (Wildman–Crippen LogP) is 6.96. The molecule has 5 aromatic rings. The maximum atomic E-state index is 14.1. The topological polar surface area (TPSA) is 113 Å². The second-order valence-corrected chi connectivity index (χ2v) is 13.1. The zero-order chi connectivity index (χ0) is 32.5. The van der Waals surface area contributed by atoms with E-state index in [1.54, 1.807) is 36.6 Å². The van der Waals surface area contributed by atoms with Gasteiger partial charge in [-0.25, -0.2) is 9.79 Å². The van der Waals surface area contributed by atoms with Gasteiger partial charge in [0.25, 0.3) is 11.2 Å². The number of carbonyl (C=O) groups is 1. The summed E-state index contributed by atoms with van der Waals surface area (Å²) in [6.07, 6.45) is 1.78. The molecule has 0 saturated heterocycles. The Kier molecular flexibility index (Phi) is 9.03. The smallest absolute Gasteiger partial charge is 0.338 e. The standard InChI is InChI=1S/C34H25Br2N3O6S/c1-3-44-33(41)29-19(2)37-34-38(30(29)25-10-6-8-22-7-4-5-9-24(22)25)32(40)28(46-34)17-21-15-26(35)31(27(36)16-21)45-18-20-11-13-23(14-12-20)39(42)43/h4-17,30H,3,18H2,1-2H3/b28-17+/t30-/m0/s1. The Morgan fingerprint density at radius 1 is 1.07 bits per heavy atom. The van der Waals surface area contributed by atoms with Crippen LogP contribution in [0, 0.1) is 10.1 Å². The summed E-state index contributed by atoms with van der Waals surface area (Å²) in [4.78, 5) is 43.2. The first-order valence-electron chi connectivity index (χ1n) is 14.2. The molecule has 0 spiro atoms. The number of nitro groups is 1. The lowest BCUT2D eigenvalue weighted by Gasteiger charge is -2.25. The Morgan fingerprint density at radius 3 is 2.46 bits per heavy atom. The number of halogens is 2. The molecule has 2 heterocycles. The zero-order valence-electron chi connectivity index (χ0n) is 24.5. The van der Waals surface area contributed by atoms with Crippen molar-refractivity contribution >= 4 is 71.7 Å². The maximum absolute atomic E-state index is 14.1. The van der Waals surface area contributed by atoms with Crippen molar-refractivity contribution < 1.29 is 19.2 Å². The number of non-ortho nitro benzene ring substituents is 1. The molecule has 0 unspecified atom stereocenters. The highest BCUT2D eigenvalue weighted by atomic mass is 79.9. The first kappa shape index (κ1) is 31.6. The van der Waals surface area contributed by atoms with Gasteiger partial charge in [0.15, 0.2) is 4.80 Å². The van der Waals surface area contributed by atoms with E-state index in [1.807, 2.05) is 54.6 Å². The molecule has 0 fully saturated rings. The Labute approximate surface area is 283 Å². The second-order valence-electron chi connectivity index (χ2n) is 10.4. The average molecular weight is 763 g/mol. The minimum Gasteiger partial charge on any atom is -0.487 e. The SMILES string of the molecule is CCOC(=O)C1=C(C)N=c2s/c(=C/c3cc(Br)c(OCc4ccc([N+](=O)[O-])cc4)c(Br)c3)c(=O)n2[C@H]1c1cccc2ccccc12. The Hall–Kier alpha value is -4.39. The molecule has 0 saturated carbocycles. The highest BCUT2D eigenvalue weighted by Crippen LogP contribution is 2.37. The molecule has 9 nitrogen and oxygen atoms in total. The van der Waals surface area contributed by atoms with E-state index in [4.69, 9.17) is 14.5 Å². The van der Waals surface area contributed by atoms with Crippen LogP contribution in [-0.2, 0) is 16.1 Å². The van der Waals surface area contributed by atoms with E-state index >= 15 is 0 Å². The van der Waals surface area contributed by atoms with Crippen molar-refractivity contribution in [2.45, 2.75) is 26.5 Å². The molecule has 0 amide bonds. The Morgan fingerprint density at radius 2 is 1.76 bits per heavy atom. The molecular formula is C34H25Br2N3O6S. The first-order chi connectivity index (χ1) is 22.2. The average Bonchev–Trinajstić information content (AvgIpc) is 3.33. The maximum Gasteiger partial charge on any atom is 0.338 e. The Balaban J connectivity index is 1.40. The van der Waals surface area contributed by atoms with Crippen molar-refractivity contribution in [3.63, 3.8) is 0 Å². The van der Waals surface area contributed by atoms with E-state index in [-0.39, 0.29) is 24.5 Å². The van der Waals surface area contributed by atoms with Crippen LogP contribution in [0.5, 0.6) is 5.75 Å². The Bertz CT molecular complexity index is 2210. The molecule has 4 aromatic carbocycles. The van der Waals surface area contributed by atoms with Gasteiger partial charge in [-0.1, -0.05) is 53.8 Å². The minimum atomic E-state index is -0.725. The van der Waals surface area contributed by atoms with Crippen molar-refractivity contribution in [1.82, 2.24) is 4.57 Å². The van der Waals surface area contributed by atoms with Crippen molar-refractivity contribution in [1.29, 1.82) is 0 Å². The third kappa shape index (κ3) is 6.07.